The van der Waals surface area contributed by atoms with Crippen molar-refractivity contribution < 1.29 is 8.42 Å². The van der Waals surface area contributed by atoms with Gasteiger partial charge in [-0.3, -0.25) is 0 Å². The first-order chi connectivity index (χ1) is 8.10. The Morgan fingerprint density at radius 1 is 1.39 bits per heavy atom. The monoisotopic (exact) mass is 339 g/mol. The lowest BCUT2D eigenvalue weighted by molar-refractivity contribution is 0.245. The first-order valence-electron chi connectivity index (χ1n) is 6.70. The second-order valence-electron chi connectivity index (χ2n) is 6.54. The van der Waals surface area contributed by atoms with Crippen LogP contribution in [0.3, 0.4) is 0 Å². The molecule has 1 heterocycles. The van der Waals surface area contributed by atoms with Gasteiger partial charge >= 0.3 is 0 Å². The van der Waals surface area contributed by atoms with Crippen LogP contribution in [0.15, 0.2) is 0 Å². The van der Waals surface area contributed by atoms with Crippen LogP contribution in [0, 0.1) is 11.3 Å². The van der Waals surface area contributed by atoms with E-state index in [4.69, 9.17) is 0 Å². The lowest BCUT2D eigenvalue weighted by Crippen LogP contribution is -2.39. The van der Waals surface area contributed by atoms with Crippen LogP contribution < -0.4 is 0 Å². The molecule has 108 valence electrons. The molecule has 0 saturated carbocycles. The van der Waals surface area contributed by atoms with Gasteiger partial charge in [0.2, 0.25) is 10.0 Å². The summed E-state index contributed by atoms with van der Waals surface area (Å²) in [4.78, 5) is 0.499. The smallest absolute Gasteiger partial charge is 0.211 e. The van der Waals surface area contributed by atoms with E-state index in [0.717, 1.165) is 25.7 Å². The maximum atomic E-state index is 11.5. The highest BCUT2D eigenvalue weighted by Crippen LogP contribution is 2.32. The largest absolute Gasteiger partial charge is 0.213 e. The summed E-state index contributed by atoms with van der Waals surface area (Å²) in [7, 11) is -3.00. The Morgan fingerprint density at radius 3 is 2.50 bits per heavy atom. The van der Waals surface area contributed by atoms with Crippen molar-refractivity contribution in [2.75, 3.05) is 19.3 Å². The molecule has 0 radical (unpaired) electrons. The molecule has 1 aliphatic rings. The molecule has 1 rings (SSSR count). The van der Waals surface area contributed by atoms with E-state index in [1.807, 2.05) is 0 Å². The summed E-state index contributed by atoms with van der Waals surface area (Å²) in [6.07, 6.45) is 5.71. The second kappa shape index (κ2) is 6.23. The lowest BCUT2D eigenvalue weighted by Gasteiger charge is -2.33. The van der Waals surface area contributed by atoms with Crippen LogP contribution in [0.5, 0.6) is 0 Å². The number of piperidine rings is 1. The molecular formula is C13H26BrNO2S. The number of rotatable bonds is 4. The van der Waals surface area contributed by atoms with Crippen molar-refractivity contribution in [1.82, 2.24) is 4.31 Å². The third-order valence-electron chi connectivity index (χ3n) is 3.72. The molecule has 2 atom stereocenters. The van der Waals surface area contributed by atoms with E-state index in [1.54, 1.807) is 4.31 Å². The van der Waals surface area contributed by atoms with Gasteiger partial charge in [0.05, 0.1) is 6.26 Å². The van der Waals surface area contributed by atoms with E-state index in [-0.39, 0.29) is 5.41 Å². The van der Waals surface area contributed by atoms with E-state index in [2.05, 4.69) is 36.7 Å². The van der Waals surface area contributed by atoms with Crippen LogP contribution in [0.4, 0.5) is 0 Å². The third-order valence-corrected chi connectivity index (χ3v) is 6.82. The van der Waals surface area contributed by atoms with Gasteiger partial charge in [-0.1, -0.05) is 36.7 Å². The molecule has 1 aliphatic heterocycles. The fourth-order valence-corrected chi connectivity index (χ4v) is 3.59. The molecule has 5 heteroatoms. The number of sulfonamides is 1. The predicted octanol–water partition coefficient (Wildman–Crippen LogP) is 3.25. The summed E-state index contributed by atoms with van der Waals surface area (Å²) < 4.78 is 24.7. The molecule has 0 spiro atoms. The molecule has 0 aromatic heterocycles. The van der Waals surface area contributed by atoms with Crippen molar-refractivity contribution in [3.8, 4) is 0 Å². The van der Waals surface area contributed by atoms with Crippen LogP contribution in [-0.2, 0) is 10.0 Å². The summed E-state index contributed by atoms with van der Waals surface area (Å²) in [6, 6.07) is 0. The van der Waals surface area contributed by atoms with Crippen molar-refractivity contribution in [2.24, 2.45) is 11.3 Å². The van der Waals surface area contributed by atoms with Crippen molar-refractivity contribution in [3.05, 3.63) is 0 Å². The minimum absolute atomic E-state index is 0.269. The Kier molecular flexibility index (Phi) is 5.69. The molecule has 0 N–H and O–H groups in total. The zero-order chi connectivity index (χ0) is 14.0. The second-order valence-corrected chi connectivity index (χ2v) is 9.63. The maximum Gasteiger partial charge on any atom is 0.211 e. The van der Waals surface area contributed by atoms with Gasteiger partial charge in [0.1, 0.15) is 0 Å². The number of nitrogens with zero attached hydrogens (tertiary/aromatic N) is 1. The van der Waals surface area contributed by atoms with Gasteiger partial charge < -0.3 is 0 Å². The zero-order valence-corrected chi connectivity index (χ0v) is 14.3. The highest BCUT2D eigenvalue weighted by Gasteiger charge is 2.28. The molecule has 3 nitrogen and oxygen atoms in total. The van der Waals surface area contributed by atoms with Gasteiger partial charge in [0.15, 0.2) is 0 Å². The minimum Gasteiger partial charge on any atom is -0.213 e. The van der Waals surface area contributed by atoms with Crippen molar-refractivity contribution in [3.63, 3.8) is 0 Å². The average molecular weight is 340 g/mol. The fourth-order valence-electron chi connectivity index (χ4n) is 2.38. The number of hydrogen-bond donors (Lipinski definition) is 0. The van der Waals surface area contributed by atoms with Gasteiger partial charge in [-0.25, -0.2) is 12.7 Å². The molecule has 0 amide bonds. The number of hydrogen-bond acceptors (Lipinski definition) is 2. The third kappa shape index (κ3) is 5.17. The van der Waals surface area contributed by atoms with Gasteiger partial charge in [0.25, 0.3) is 0 Å². The van der Waals surface area contributed by atoms with Gasteiger partial charge in [-0.2, -0.15) is 0 Å². The number of alkyl halides is 1. The number of halogens is 1. The van der Waals surface area contributed by atoms with Crippen LogP contribution in [0.2, 0.25) is 0 Å². The Hall–Kier alpha value is 0.390. The zero-order valence-electron chi connectivity index (χ0n) is 11.9. The SMILES string of the molecule is CC(C)(C)C(Br)CCC1CCCN(S(C)(=O)=O)C1. The molecule has 0 aromatic carbocycles. The highest BCUT2D eigenvalue weighted by molar-refractivity contribution is 9.09. The topological polar surface area (TPSA) is 37.4 Å². The van der Waals surface area contributed by atoms with Crippen molar-refractivity contribution in [1.29, 1.82) is 0 Å². The Labute approximate surface area is 121 Å². The highest BCUT2D eigenvalue weighted by atomic mass is 79.9. The molecule has 18 heavy (non-hydrogen) atoms. The average Bonchev–Trinajstić information content (AvgIpc) is 2.23. The summed E-state index contributed by atoms with van der Waals surface area (Å²) in [5.41, 5.74) is 0.269. The minimum atomic E-state index is -3.00. The molecule has 0 aromatic rings. The standard InChI is InChI=1S/C13H26BrNO2S/c1-13(2,3)12(14)8-7-11-6-5-9-15(10-11)18(4,16)17/h11-12H,5-10H2,1-4H3. The molecule has 0 bridgehead atoms. The van der Waals surface area contributed by atoms with E-state index < -0.39 is 10.0 Å². The summed E-state index contributed by atoms with van der Waals surface area (Å²) in [6.45, 7) is 8.11. The lowest BCUT2D eigenvalue weighted by atomic mass is 9.86. The summed E-state index contributed by atoms with van der Waals surface area (Å²) in [5.74, 6) is 0.524. The van der Waals surface area contributed by atoms with E-state index in [0.29, 0.717) is 23.8 Å². The van der Waals surface area contributed by atoms with E-state index >= 15 is 0 Å². The molecule has 0 aliphatic carbocycles. The molecular weight excluding hydrogens is 314 g/mol. The summed E-state index contributed by atoms with van der Waals surface area (Å²) >= 11 is 3.75. The first-order valence-corrected chi connectivity index (χ1v) is 9.46. The van der Waals surface area contributed by atoms with Crippen LogP contribution in [-0.4, -0.2) is 36.9 Å². The van der Waals surface area contributed by atoms with Gasteiger partial charge in [0, 0.05) is 17.9 Å². The van der Waals surface area contributed by atoms with Crippen LogP contribution in [0.25, 0.3) is 0 Å². The van der Waals surface area contributed by atoms with Gasteiger partial charge in [-0.15, -0.1) is 0 Å². The Morgan fingerprint density at radius 2 is 2.00 bits per heavy atom. The van der Waals surface area contributed by atoms with Crippen molar-refractivity contribution >= 4 is 26.0 Å². The fraction of sp³-hybridized carbons (Fsp3) is 1.00. The maximum absolute atomic E-state index is 11.5. The Bertz CT molecular complexity index is 362. The van der Waals surface area contributed by atoms with Crippen molar-refractivity contribution in [2.45, 2.75) is 51.3 Å². The van der Waals surface area contributed by atoms with Crippen LogP contribution >= 0.6 is 15.9 Å². The van der Waals surface area contributed by atoms with E-state index in [1.165, 1.54) is 6.26 Å². The summed E-state index contributed by atoms with van der Waals surface area (Å²) in [5, 5.41) is 0. The van der Waals surface area contributed by atoms with Gasteiger partial charge in [-0.05, 0) is 37.0 Å². The van der Waals surface area contributed by atoms with E-state index in [9.17, 15) is 8.42 Å². The predicted molar refractivity (Wildman–Crippen MR) is 80.5 cm³/mol. The molecule has 1 saturated heterocycles. The molecule has 1 fully saturated rings. The first kappa shape index (κ1) is 16.4. The Balaban J connectivity index is 2.44. The quantitative estimate of drug-likeness (QED) is 0.737. The molecule has 2 unspecified atom stereocenters. The normalized spacial score (nSPS) is 25.1. The van der Waals surface area contributed by atoms with Crippen LogP contribution in [0.1, 0.15) is 46.5 Å².